The van der Waals surface area contributed by atoms with Crippen LogP contribution in [0.1, 0.15) is 12.6 Å². The maximum absolute atomic E-state index is 12.6. The summed E-state index contributed by atoms with van der Waals surface area (Å²) >= 11 is 0. The van der Waals surface area contributed by atoms with Gasteiger partial charge in [-0.05, 0) is 36.6 Å². The van der Waals surface area contributed by atoms with Crippen molar-refractivity contribution in [3.05, 3.63) is 36.2 Å². The van der Waals surface area contributed by atoms with Gasteiger partial charge in [0.1, 0.15) is 11.8 Å². The Bertz CT molecular complexity index is 724. The van der Waals surface area contributed by atoms with Crippen molar-refractivity contribution in [2.45, 2.75) is 25.2 Å². The molecule has 2 aromatic rings. The number of anilines is 1. The highest BCUT2D eigenvalue weighted by Crippen LogP contribution is 2.29. The molecule has 116 valence electrons. The van der Waals surface area contributed by atoms with Crippen LogP contribution in [-0.4, -0.2) is 35.5 Å². The summed E-state index contributed by atoms with van der Waals surface area (Å²) in [5.41, 5.74) is 0.772. The lowest BCUT2D eigenvalue weighted by Gasteiger charge is -2.31. The topological polar surface area (TPSA) is 60.1 Å². The van der Waals surface area contributed by atoms with Gasteiger partial charge >= 0.3 is 6.18 Å². The number of halogens is 3. The van der Waals surface area contributed by atoms with Crippen LogP contribution in [-0.2, 0) is 0 Å². The number of aliphatic hydroxyl groups excluding tert-OH is 1. The van der Waals surface area contributed by atoms with Gasteiger partial charge in [-0.2, -0.15) is 18.4 Å². The largest absolute Gasteiger partial charge is 0.416 e. The van der Waals surface area contributed by atoms with Gasteiger partial charge in [0.25, 0.3) is 0 Å². The van der Waals surface area contributed by atoms with Crippen LogP contribution in [0.2, 0.25) is 0 Å². The second-order valence-corrected chi connectivity index (χ2v) is 5.01. The van der Waals surface area contributed by atoms with Crippen LogP contribution < -0.4 is 4.90 Å². The molecule has 4 nitrogen and oxygen atoms in total. The molecule has 1 aromatic carbocycles. The van der Waals surface area contributed by atoms with Gasteiger partial charge in [-0.25, -0.2) is 4.98 Å². The van der Waals surface area contributed by atoms with Gasteiger partial charge in [-0.15, -0.1) is 0 Å². The molecule has 1 N–H and O–H groups in total. The second-order valence-electron chi connectivity index (χ2n) is 5.01. The molecule has 0 bridgehead atoms. The van der Waals surface area contributed by atoms with Crippen molar-refractivity contribution in [1.82, 2.24) is 4.98 Å². The molecule has 2 atom stereocenters. The molecule has 0 amide bonds. The summed E-state index contributed by atoms with van der Waals surface area (Å²) in [7, 11) is 1.48. The molecule has 22 heavy (non-hydrogen) atoms. The summed E-state index contributed by atoms with van der Waals surface area (Å²) in [5.74, 6) is 0. The second kappa shape index (κ2) is 5.81. The van der Waals surface area contributed by atoms with Crippen LogP contribution in [0.4, 0.5) is 18.9 Å². The number of nitriles is 1. The highest BCUT2D eigenvalue weighted by atomic mass is 19.4. The van der Waals surface area contributed by atoms with E-state index in [4.69, 9.17) is 5.26 Å². The summed E-state index contributed by atoms with van der Waals surface area (Å²) < 4.78 is 37.8. The third-order valence-electron chi connectivity index (χ3n) is 3.66. The summed E-state index contributed by atoms with van der Waals surface area (Å²) in [6.07, 6.45) is -5.65. The van der Waals surface area contributed by atoms with Gasteiger partial charge in [0.05, 0.1) is 6.04 Å². The zero-order valence-corrected chi connectivity index (χ0v) is 12.0. The number of hydrogen-bond donors (Lipinski definition) is 1. The Morgan fingerprint density at radius 3 is 2.59 bits per heavy atom. The van der Waals surface area contributed by atoms with E-state index in [1.165, 1.54) is 25.1 Å². The monoisotopic (exact) mass is 309 g/mol. The van der Waals surface area contributed by atoms with Crippen molar-refractivity contribution in [1.29, 1.82) is 5.26 Å². The molecule has 0 saturated carbocycles. The smallest absolute Gasteiger partial charge is 0.382 e. The minimum absolute atomic E-state index is 0.259. The molecule has 1 heterocycles. The van der Waals surface area contributed by atoms with Gasteiger partial charge in [0, 0.05) is 24.3 Å². The fourth-order valence-electron chi connectivity index (χ4n) is 2.19. The standard InChI is InChI=1S/C15H14F3N3O/c1-9(14(22)15(16,17)18)21(2)11-3-4-12-10(7-11)5-6-20-13(12)8-19/h3-7,9,14,22H,1-2H3/t9-,14+/m1/s1. The molecule has 0 aliphatic heterocycles. The van der Waals surface area contributed by atoms with E-state index in [-0.39, 0.29) is 5.69 Å². The van der Waals surface area contributed by atoms with Gasteiger partial charge in [-0.1, -0.05) is 0 Å². The molecule has 0 aliphatic carbocycles. The molecule has 0 saturated heterocycles. The Morgan fingerprint density at radius 1 is 1.32 bits per heavy atom. The molecule has 7 heteroatoms. The number of alkyl halides is 3. The molecule has 0 fully saturated rings. The first kappa shape index (κ1) is 16.0. The van der Waals surface area contributed by atoms with E-state index in [0.29, 0.717) is 16.5 Å². The Balaban J connectivity index is 2.37. The first-order valence-electron chi connectivity index (χ1n) is 6.52. The number of pyridine rings is 1. The predicted molar refractivity (Wildman–Crippen MR) is 76.4 cm³/mol. The van der Waals surface area contributed by atoms with E-state index in [2.05, 4.69) is 4.98 Å². The molecule has 0 unspecified atom stereocenters. The SMILES string of the molecule is C[C@H]([C@H](O)C(F)(F)F)N(C)c1ccc2c(C#N)nccc2c1. The van der Waals surface area contributed by atoms with Gasteiger partial charge < -0.3 is 10.0 Å². The third kappa shape index (κ3) is 2.97. The van der Waals surface area contributed by atoms with E-state index < -0.39 is 18.3 Å². The number of fused-ring (bicyclic) bond motifs is 1. The molecular weight excluding hydrogens is 295 g/mol. The number of aromatic nitrogens is 1. The summed E-state index contributed by atoms with van der Waals surface area (Å²) in [5, 5.41) is 19.7. The Morgan fingerprint density at radius 2 is 2.00 bits per heavy atom. The van der Waals surface area contributed by atoms with Crippen LogP contribution in [0.25, 0.3) is 10.8 Å². The van der Waals surface area contributed by atoms with Crippen LogP contribution in [0.5, 0.6) is 0 Å². The van der Waals surface area contributed by atoms with E-state index in [1.807, 2.05) is 6.07 Å². The average Bonchev–Trinajstić information content (AvgIpc) is 2.50. The lowest BCUT2D eigenvalue weighted by atomic mass is 10.1. The zero-order valence-electron chi connectivity index (χ0n) is 12.0. The first-order valence-corrected chi connectivity index (χ1v) is 6.52. The van der Waals surface area contributed by atoms with E-state index in [1.54, 1.807) is 24.3 Å². The average molecular weight is 309 g/mol. The highest BCUT2D eigenvalue weighted by molar-refractivity contribution is 5.89. The predicted octanol–water partition coefficient (Wildman–Crippen LogP) is 2.85. The van der Waals surface area contributed by atoms with Gasteiger partial charge in [-0.3, -0.25) is 0 Å². The maximum Gasteiger partial charge on any atom is 0.416 e. The first-order chi connectivity index (χ1) is 10.3. The fraction of sp³-hybridized carbons (Fsp3) is 0.333. The van der Waals surface area contributed by atoms with Crippen LogP contribution in [0, 0.1) is 11.3 Å². The highest BCUT2D eigenvalue weighted by Gasteiger charge is 2.43. The van der Waals surface area contributed by atoms with E-state index >= 15 is 0 Å². The van der Waals surface area contributed by atoms with Crippen molar-refractivity contribution in [3.8, 4) is 6.07 Å². The van der Waals surface area contributed by atoms with Crippen molar-refractivity contribution in [2.75, 3.05) is 11.9 Å². The summed E-state index contributed by atoms with van der Waals surface area (Å²) in [4.78, 5) is 5.28. The van der Waals surface area contributed by atoms with Crippen molar-refractivity contribution < 1.29 is 18.3 Å². The normalized spacial score (nSPS) is 14.4. The number of aliphatic hydroxyl groups is 1. The zero-order chi connectivity index (χ0) is 16.5. The van der Waals surface area contributed by atoms with Crippen molar-refractivity contribution >= 4 is 16.5 Å². The Hall–Kier alpha value is -2.33. The molecular formula is C15H14F3N3O. The Labute approximate surface area is 125 Å². The minimum atomic E-state index is -4.68. The van der Waals surface area contributed by atoms with Crippen LogP contribution in [0.15, 0.2) is 30.5 Å². The minimum Gasteiger partial charge on any atom is -0.382 e. The van der Waals surface area contributed by atoms with Gasteiger partial charge in [0.2, 0.25) is 0 Å². The van der Waals surface area contributed by atoms with Crippen molar-refractivity contribution in [2.24, 2.45) is 0 Å². The molecule has 0 aliphatic rings. The van der Waals surface area contributed by atoms with E-state index in [9.17, 15) is 18.3 Å². The fourth-order valence-corrected chi connectivity index (χ4v) is 2.19. The maximum atomic E-state index is 12.6. The lowest BCUT2D eigenvalue weighted by molar-refractivity contribution is -0.208. The summed E-state index contributed by atoms with van der Waals surface area (Å²) in [6.45, 7) is 1.30. The van der Waals surface area contributed by atoms with Gasteiger partial charge in [0.15, 0.2) is 6.10 Å². The van der Waals surface area contributed by atoms with Crippen molar-refractivity contribution in [3.63, 3.8) is 0 Å². The molecule has 1 aromatic heterocycles. The number of likely N-dealkylation sites (N-methyl/N-ethyl adjacent to an activating group) is 1. The quantitative estimate of drug-likeness (QED) is 0.947. The summed E-state index contributed by atoms with van der Waals surface area (Å²) in [6, 6.07) is 7.41. The molecule has 0 spiro atoms. The number of rotatable bonds is 3. The Kier molecular flexibility index (Phi) is 4.24. The number of benzene rings is 1. The molecule has 2 rings (SSSR count). The van der Waals surface area contributed by atoms with Crippen LogP contribution in [0.3, 0.4) is 0 Å². The lowest BCUT2D eigenvalue weighted by Crippen LogP contribution is -2.47. The third-order valence-corrected chi connectivity index (χ3v) is 3.66. The molecule has 0 radical (unpaired) electrons. The number of nitrogens with zero attached hydrogens (tertiary/aromatic N) is 3. The van der Waals surface area contributed by atoms with Crippen LogP contribution >= 0.6 is 0 Å². The number of hydrogen-bond acceptors (Lipinski definition) is 4. The van der Waals surface area contributed by atoms with E-state index in [0.717, 1.165) is 0 Å².